The highest BCUT2D eigenvalue weighted by atomic mass is 32.2. The van der Waals surface area contributed by atoms with E-state index < -0.39 is 63.5 Å². The summed E-state index contributed by atoms with van der Waals surface area (Å²) in [7, 11) is -3.43. The van der Waals surface area contributed by atoms with Crippen molar-refractivity contribution in [1.82, 2.24) is 21.3 Å². The second-order valence-corrected chi connectivity index (χ2v) is 20.3. The molecule has 0 saturated heterocycles. The number of rotatable bonds is 43. The van der Waals surface area contributed by atoms with Crippen molar-refractivity contribution in [3.8, 4) is 5.75 Å². The van der Waals surface area contributed by atoms with E-state index in [0.717, 1.165) is 38.5 Å². The van der Waals surface area contributed by atoms with Gasteiger partial charge in [-0.3, -0.25) is 34.1 Å². The van der Waals surface area contributed by atoms with Crippen molar-refractivity contribution in [1.29, 1.82) is 0 Å². The Morgan fingerprint density at radius 1 is 0.652 bits per heavy atom. The number of unbranched alkanes of at least 4 members (excludes halogenated alkanes) is 15. The molecule has 0 unspecified atom stereocenters. The molecule has 66 heavy (non-hydrogen) atoms. The van der Waals surface area contributed by atoms with Gasteiger partial charge in [0.15, 0.2) is 21.4 Å². The molecule has 0 bridgehead atoms. The van der Waals surface area contributed by atoms with Crippen molar-refractivity contribution in [2.45, 2.75) is 186 Å². The maximum absolute atomic E-state index is 14.0. The molecule has 16 nitrogen and oxygen atoms in total. The number of carbonyl (C=O) groups is 6. The van der Waals surface area contributed by atoms with Crippen molar-refractivity contribution in [2.24, 2.45) is 29.0 Å². The number of nitrogens with two attached hydrogens (primary N) is 3. The molecular weight excluding hydrogens is 863 g/mol. The number of nitrogens with one attached hydrogen (secondary N) is 4. The molecule has 4 amide bonds. The second kappa shape index (κ2) is 37.1. The number of sulfone groups is 1. The van der Waals surface area contributed by atoms with Crippen LogP contribution in [0.1, 0.15) is 174 Å². The van der Waals surface area contributed by atoms with E-state index in [1.165, 1.54) is 76.3 Å². The van der Waals surface area contributed by atoms with Gasteiger partial charge in [0.05, 0.1) is 30.8 Å². The number of phenols is 1. The minimum Gasteiger partial charge on any atom is -0.508 e. The van der Waals surface area contributed by atoms with Crippen LogP contribution >= 0.6 is 0 Å². The zero-order valence-corrected chi connectivity index (χ0v) is 41.2. The van der Waals surface area contributed by atoms with E-state index in [2.05, 4.69) is 28.2 Å². The summed E-state index contributed by atoms with van der Waals surface area (Å²) in [5, 5.41) is 20.7. The molecule has 0 heterocycles. The predicted molar refractivity (Wildman–Crippen MR) is 262 cm³/mol. The van der Waals surface area contributed by atoms with Crippen molar-refractivity contribution in [2.75, 3.05) is 37.8 Å². The van der Waals surface area contributed by atoms with Gasteiger partial charge in [0.2, 0.25) is 23.6 Å². The van der Waals surface area contributed by atoms with Crippen LogP contribution in [0, 0.1) is 11.8 Å². The quantitative estimate of drug-likeness (QED) is 0.0395. The number of phenolic OH excluding ortho intramolecular Hbond substituents is 1. The summed E-state index contributed by atoms with van der Waals surface area (Å²) in [6, 6.07) is 4.73. The predicted octanol–water partition coefficient (Wildman–Crippen LogP) is 5.16. The first-order valence-electron chi connectivity index (χ1n) is 24.9. The molecule has 11 N–H and O–H groups in total. The minimum absolute atomic E-state index is 0.00174. The number of amides is 4. The van der Waals surface area contributed by atoms with Gasteiger partial charge in [0, 0.05) is 37.1 Å². The van der Waals surface area contributed by atoms with Crippen LogP contribution in [-0.4, -0.2) is 98.6 Å². The molecule has 378 valence electrons. The number of hydrogen-bond donors (Lipinski definition) is 8. The Kier molecular flexibility index (Phi) is 33.8. The minimum atomic E-state index is -3.43. The van der Waals surface area contributed by atoms with Gasteiger partial charge in [-0.1, -0.05) is 115 Å². The lowest BCUT2D eigenvalue weighted by atomic mass is 9.89. The van der Waals surface area contributed by atoms with Gasteiger partial charge in [-0.15, -0.1) is 0 Å². The van der Waals surface area contributed by atoms with Gasteiger partial charge in [-0.25, -0.2) is 8.42 Å². The van der Waals surface area contributed by atoms with Crippen LogP contribution < -0.4 is 38.5 Å². The van der Waals surface area contributed by atoms with E-state index in [0.29, 0.717) is 44.3 Å². The molecule has 4 atom stereocenters. The van der Waals surface area contributed by atoms with Crippen molar-refractivity contribution in [3.63, 3.8) is 0 Å². The summed E-state index contributed by atoms with van der Waals surface area (Å²) < 4.78 is 25.2. The highest BCUT2D eigenvalue weighted by Gasteiger charge is 2.31. The first-order valence-corrected chi connectivity index (χ1v) is 26.7. The zero-order chi connectivity index (χ0) is 49.0. The Balaban J connectivity index is 2.78. The summed E-state index contributed by atoms with van der Waals surface area (Å²) in [5.74, 6) is -5.28. The third-order valence-corrected chi connectivity index (χ3v) is 13.4. The third-order valence-electron chi connectivity index (χ3n) is 11.9. The third kappa shape index (κ3) is 31.1. The van der Waals surface area contributed by atoms with E-state index in [1.807, 2.05) is 6.92 Å². The normalized spacial score (nSPS) is 13.3. The molecule has 0 saturated carbocycles. The van der Waals surface area contributed by atoms with Crippen LogP contribution in [0.4, 0.5) is 0 Å². The molecule has 1 rings (SSSR count). The summed E-state index contributed by atoms with van der Waals surface area (Å²) in [6.45, 7) is 4.32. The van der Waals surface area contributed by atoms with Gasteiger partial charge in [0.25, 0.3) is 0 Å². The lowest BCUT2D eigenvalue weighted by molar-refractivity contribution is -0.134. The molecule has 0 aromatic heterocycles. The number of Topliss-reactive ketones (excluding diaryl/α,β-unsaturated/α-hetero) is 2. The van der Waals surface area contributed by atoms with Crippen molar-refractivity contribution < 1.29 is 42.3 Å². The van der Waals surface area contributed by atoms with E-state index in [1.54, 1.807) is 12.1 Å². The highest BCUT2D eigenvalue weighted by Crippen LogP contribution is 2.21. The van der Waals surface area contributed by atoms with Crippen LogP contribution in [0.3, 0.4) is 0 Å². The molecule has 0 aliphatic rings. The molecule has 0 aliphatic heterocycles. The summed E-state index contributed by atoms with van der Waals surface area (Å²) in [4.78, 5) is 79.0. The van der Waals surface area contributed by atoms with E-state index in [4.69, 9.17) is 17.2 Å². The van der Waals surface area contributed by atoms with E-state index in [-0.39, 0.29) is 68.0 Å². The van der Waals surface area contributed by atoms with Crippen LogP contribution in [0.15, 0.2) is 24.3 Å². The Bertz CT molecular complexity index is 1650. The first-order chi connectivity index (χ1) is 31.6. The average Bonchev–Trinajstić information content (AvgIpc) is 3.27. The maximum Gasteiger partial charge on any atom is 0.234 e. The van der Waals surface area contributed by atoms with Crippen LogP contribution in [-0.2, 0) is 45.0 Å². The van der Waals surface area contributed by atoms with Gasteiger partial charge < -0.3 is 38.3 Å². The SMILES string of the molecule is CCCCCCCCCCCCCCCCS(=O)(=O)CNCC(=O)NCC(=O)C[C@@H](Cc1ccc(O)cc1)C(=O)N[C@@H](CCC(N)=O)C(=O)C[C@@H](CCCCN)C(=O)N[C@H](C)CCCCN. The van der Waals surface area contributed by atoms with E-state index in [9.17, 15) is 42.3 Å². The molecule has 17 heteroatoms. The van der Waals surface area contributed by atoms with Crippen molar-refractivity contribution >= 4 is 45.0 Å². The van der Waals surface area contributed by atoms with Crippen molar-refractivity contribution in [3.05, 3.63) is 29.8 Å². The number of carbonyl (C=O) groups excluding carboxylic acids is 6. The zero-order valence-electron chi connectivity index (χ0n) is 40.4. The topological polar surface area (TPSA) is 283 Å². The molecular formula is C49H87N7O9S. The lowest BCUT2D eigenvalue weighted by Crippen LogP contribution is -2.47. The Morgan fingerprint density at radius 3 is 1.76 bits per heavy atom. The number of hydrogen-bond acceptors (Lipinski definition) is 12. The standard InChI is InChI=1S/C49H87N7O9S/c1-3-4-5-6-7-8-9-10-11-12-13-14-15-20-31-66(64,65)37-53-36-47(61)54-35-43(58)33-41(32-39-23-25-42(57)26-24-39)49(63)56-44(27-28-46(52)60)45(59)34-40(22-17-19-30-51)48(62)55-38(2)21-16-18-29-50/h23-26,38,40-41,44,53,57H,3-22,27-37,50-51H2,1-2H3,(H2,52,60)(H,54,61)(H,55,62)(H,56,63)/t38-,40-,41-,44+/m1/s1. The lowest BCUT2D eigenvalue weighted by Gasteiger charge is -2.25. The number of primary amides is 1. The van der Waals surface area contributed by atoms with Crippen LogP contribution in [0.2, 0.25) is 0 Å². The summed E-state index contributed by atoms with van der Waals surface area (Å²) >= 11 is 0. The monoisotopic (exact) mass is 950 g/mol. The largest absolute Gasteiger partial charge is 0.508 e. The summed E-state index contributed by atoms with van der Waals surface area (Å²) in [5.41, 5.74) is 17.4. The van der Waals surface area contributed by atoms with Crippen LogP contribution in [0.25, 0.3) is 0 Å². The number of benzene rings is 1. The number of aromatic hydroxyl groups is 1. The molecule has 0 fully saturated rings. The Hall–Kier alpha value is -3.93. The Labute approximate surface area is 396 Å². The van der Waals surface area contributed by atoms with Gasteiger partial charge >= 0.3 is 0 Å². The second-order valence-electron chi connectivity index (χ2n) is 18.1. The first kappa shape index (κ1) is 60.1. The van der Waals surface area contributed by atoms with Gasteiger partial charge in [0.1, 0.15) is 5.75 Å². The average molecular weight is 950 g/mol. The van der Waals surface area contributed by atoms with Crippen LogP contribution in [0.5, 0.6) is 5.75 Å². The molecule has 0 radical (unpaired) electrons. The summed E-state index contributed by atoms with van der Waals surface area (Å²) in [6.07, 6.45) is 19.5. The fourth-order valence-electron chi connectivity index (χ4n) is 7.85. The highest BCUT2D eigenvalue weighted by molar-refractivity contribution is 7.91. The molecule has 1 aromatic rings. The molecule has 1 aromatic carbocycles. The van der Waals surface area contributed by atoms with E-state index >= 15 is 0 Å². The molecule has 0 spiro atoms. The maximum atomic E-state index is 14.0. The van der Waals surface area contributed by atoms with Gasteiger partial charge in [-0.2, -0.15) is 0 Å². The smallest absolute Gasteiger partial charge is 0.234 e. The number of ketones is 2. The fraction of sp³-hybridized carbons (Fsp3) is 0.755. The fourth-order valence-corrected chi connectivity index (χ4v) is 9.05. The van der Waals surface area contributed by atoms with Gasteiger partial charge in [-0.05, 0) is 82.7 Å². The molecule has 0 aliphatic carbocycles. The Morgan fingerprint density at radius 2 is 1.20 bits per heavy atom.